The van der Waals surface area contributed by atoms with Crippen LogP contribution in [0.3, 0.4) is 0 Å². The number of pyridine rings is 1. The van der Waals surface area contributed by atoms with Crippen molar-refractivity contribution in [2.75, 3.05) is 10.6 Å². The molecule has 7 nitrogen and oxygen atoms in total. The Labute approximate surface area is 239 Å². The van der Waals surface area contributed by atoms with Crippen LogP contribution < -0.4 is 16.0 Å². The molecule has 202 valence electrons. The Morgan fingerprint density at radius 1 is 0.900 bits per heavy atom. The van der Waals surface area contributed by atoms with Crippen LogP contribution in [0.5, 0.6) is 0 Å². The molecule has 0 spiro atoms. The molecule has 3 aromatic carbocycles. The SMILES string of the molecule is CC(Sc1ccc(NC(=O)/C(=C/c2c(F)cccc2Cl)NC(=O)c2ccccc2)cc1)C(=O)Nc1ccccn1. The van der Waals surface area contributed by atoms with Crippen LogP contribution in [0.15, 0.2) is 108 Å². The minimum atomic E-state index is -0.674. The molecule has 3 N–H and O–H groups in total. The fourth-order valence-electron chi connectivity index (χ4n) is 3.47. The van der Waals surface area contributed by atoms with Crippen LogP contribution >= 0.6 is 23.4 Å². The maximum atomic E-state index is 14.5. The van der Waals surface area contributed by atoms with Gasteiger partial charge in [-0.1, -0.05) is 41.9 Å². The number of hydrogen-bond donors (Lipinski definition) is 3. The molecule has 1 aromatic heterocycles. The summed E-state index contributed by atoms with van der Waals surface area (Å²) < 4.78 is 14.5. The van der Waals surface area contributed by atoms with Gasteiger partial charge in [-0.05, 0) is 73.7 Å². The number of anilines is 2. The molecule has 0 saturated carbocycles. The lowest BCUT2D eigenvalue weighted by Gasteiger charge is -2.13. The van der Waals surface area contributed by atoms with Crippen molar-refractivity contribution in [2.24, 2.45) is 0 Å². The van der Waals surface area contributed by atoms with Crippen LogP contribution in [-0.2, 0) is 9.59 Å². The van der Waals surface area contributed by atoms with Crippen LogP contribution in [0, 0.1) is 5.82 Å². The molecule has 0 radical (unpaired) electrons. The highest BCUT2D eigenvalue weighted by Crippen LogP contribution is 2.26. The fraction of sp³-hybridized carbons (Fsp3) is 0.0667. The smallest absolute Gasteiger partial charge is 0.272 e. The first kappa shape index (κ1) is 28.5. The van der Waals surface area contributed by atoms with E-state index in [4.69, 9.17) is 11.6 Å². The normalized spacial score (nSPS) is 11.8. The predicted molar refractivity (Wildman–Crippen MR) is 157 cm³/mol. The van der Waals surface area contributed by atoms with Crippen LogP contribution in [0.2, 0.25) is 5.02 Å². The number of aromatic nitrogens is 1. The van der Waals surface area contributed by atoms with Crippen LogP contribution in [0.25, 0.3) is 6.08 Å². The van der Waals surface area contributed by atoms with Gasteiger partial charge in [-0.2, -0.15) is 0 Å². The van der Waals surface area contributed by atoms with Gasteiger partial charge in [-0.15, -0.1) is 11.8 Å². The topological polar surface area (TPSA) is 100 Å². The highest BCUT2D eigenvalue weighted by Gasteiger charge is 2.18. The first-order valence-corrected chi connectivity index (χ1v) is 13.4. The number of benzene rings is 3. The molecule has 3 amide bonds. The molecule has 0 bridgehead atoms. The van der Waals surface area contributed by atoms with Crippen LogP contribution in [0.1, 0.15) is 22.8 Å². The van der Waals surface area contributed by atoms with E-state index in [1.165, 1.54) is 36.0 Å². The Kier molecular flexibility index (Phi) is 9.66. The van der Waals surface area contributed by atoms with Gasteiger partial charge in [-0.3, -0.25) is 14.4 Å². The number of hydrogen-bond acceptors (Lipinski definition) is 5. The Balaban J connectivity index is 1.47. The van der Waals surface area contributed by atoms with Crippen LogP contribution in [0.4, 0.5) is 15.9 Å². The maximum Gasteiger partial charge on any atom is 0.272 e. The van der Waals surface area contributed by atoms with Crippen molar-refractivity contribution in [3.05, 3.63) is 125 Å². The number of carbonyl (C=O) groups is 3. The van der Waals surface area contributed by atoms with E-state index in [-0.39, 0.29) is 22.2 Å². The fourth-order valence-corrected chi connectivity index (χ4v) is 4.56. The second-order valence-corrected chi connectivity index (χ2v) is 10.3. The molecule has 1 unspecified atom stereocenters. The predicted octanol–water partition coefficient (Wildman–Crippen LogP) is 6.40. The summed E-state index contributed by atoms with van der Waals surface area (Å²) in [6.07, 6.45) is 2.79. The average Bonchev–Trinajstić information content (AvgIpc) is 2.96. The number of thioether (sulfide) groups is 1. The molecule has 10 heteroatoms. The summed E-state index contributed by atoms with van der Waals surface area (Å²) in [5.74, 6) is -1.59. The molecule has 1 heterocycles. The Morgan fingerprint density at radius 2 is 1.62 bits per heavy atom. The van der Waals surface area contributed by atoms with E-state index < -0.39 is 22.9 Å². The van der Waals surface area contributed by atoms with Crippen molar-refractivity contribution >= 4 is 58.7 Å². The van der Waals surface area contributed by atoms with Crippen molar-refractivity contribution in [3.8, 4) is 0 Å². The summed E-state index contributed by atoms with van der Waals surface area (Å²) in [5, 5.41) is 7.71. The largest absolute Gasteiger partial charge is 0.321 e. The zero-order valence-corrected chi connectivity index (χ0v) is 22.8. The monoisotopic (exact) mass is 574 g/mol. The lowest BCUT2D eigenvalue weighted by Crippen LogP contribution is -2.30. The van der Waals surface area contributed by atoms with E-state index in [1.807, 2.05) is 0 Å². The van der Waals surface area contributed by atoms with Gasteiger partial charge in [-0.25, -0.2) is 9.37 Å². The first-order chi connectivity index (χ1) is 19.3. The van der Waals surface area contributed by atoms with Crippen molar-refractivity contribution in [2.45, 2.75) is 17.1 Å². The molecule has 0 aliphatic rings. The summed E-state index contributed by atoms with van der Waals surface area (Å²) >= 11 is 7.49. The van der Waals surface area contributed by atoms with Crippen molar-refractivity contribution in [1.82, 2.24) is 10.3 Å². The van der Waals surface area contributed by atoms with E-state index >= 15 is 0 Å². The third kappa shape index (κ3) is 7.78. The maximum absolute atomic E-state index is 14.5. The van der Waals surface area contributed by atoms with E-state index in [9.17, 15) is 18.8 Å². The lowest BCUT2D eigenvalue weighted by atomic mass is 10.1. The summed E-state index contributed by atoms with van der Waals surface area (Å²) in [4.78, 5) is 43.4. The van der Waals surface area contributed by atoms with Crippen molar-refractivity contribution in [1.29, 1.82) is 0 Å². The second kappa shape index (κ2) is 13.5. The summed E-state index contributed by atoms with van der Waals surface area (Å²) in [7, 11) is 0. The third-order valence-corrected chi connectivity index (χ3v) is 6.97. The second-order valence-electron chi connectivity index (χ2n) is 8.46. The highest BCUT2D eigenvalue weighted by atomic mass is 35.5. The molecule has 0 aliphatic carbocycles. The number of rotatable bonds is 9. The third-order valence-electron chi connectivity index (χ3n) is 5.53. The van der Waals surface area contributed by atoms with E-state index in [0.717, 1.165) is 4.90 Å². The van der Waals surface area contributed by atoms with E-state index in [0.29, 0.717) is 17.1 Å². The Morgan fingerprint density at radius 3 is 2.30 bits per heavy atom. The average molecular weight is 575 g/mol. The minimum Gasteiger partial charge on any atom is -0.321 e. The molecule has 0 aliphatic heterocycles. The highest BCUT2D eigenvalue weighted by molar-refractivity contribution is 8.00. The zero-order chi connectivity index (χ0) is 28.5. The summed E-state index contributed by atoms with van der Waals surface area (Å²) in [6.45, 7) is 1.78. The summed E-state index contributed by atoms with van der Waals surface area (Å²) in [6, 6.07) is 24.5. The lowest BCUT2D eigenvalue weighted by molar-refractivity contribution is -0.115. The molecule has 1 atom stereocenters. The van der Waals surface area contributed by atoms with Crippen molar-refractivity contribution in [3.63, 3.8) is 0 Å². The number of amides is 3. The standard InChI is InChI=1S/C30H24ClFN4O3S/c1-19(28(37)36-27-12-5-6-17-33-27)40-22-15-13-21(14-16-22)34-30(39)26(18-23-24(31)10-7-11-25(23)32)35-29(38)20-8-3-2-4-9-20/h2-19H,1H3,(H,34,39)(H,35,38)(H,33,36,37)/b26-18-. The quantitative estimate of drug-likeness (QED) is 0.159. The molecular formula is C30H24ClFN4O3S. The molecule has 40 heavy (non-hydrogen) atoms. The molecule has 4 rings (SSSR count). The van der Waals surface area contributed by atoms with Gasteiger partial charge in [0.05, 0.1) is 10.3 Å². The molecule has 0 saturated heterocycles. The van der Waals surface area contributed by atoms with Crippen molar-refractivity contribution < 1.29 is 18.8 Å². The van der Waals surface area contributed by atoms with E-state index in [1.54, 1.807) is 85.9 Å². The van der Waals surface area contributed by atoms with Crippen LogP contribution in [-0.4, -0.2) is 28.0 Å². The first-order valence-electron chi connectivity index (χ1n) is 12.1. The van der Waals surface area contributed by atoms with E-state index in [2.05, 4.69) is 20.9 Å². The van der Waals surface area contributed by atoms with Gasteiger partial charge in [0.25, 0.3) is 11.8 Å². The Hall–Kier alpha value is -4.47. The van der Waals surface area contributed by atoms with Gasteiger partial charge in [0.2, 0.25) is 5.91 Å². The summed E-state index contributed by atoms with van der Waals surface area (Å²) in [5.41, 5.74) is 0.523. The molecule has 0 fully saturated rings. The number of nitrogens with zero attached hydrogens (tertiary/aromatic N) is 1. The number of nitrogens with one attached hydrogen (secondary N) is 3. The van der Waals surface area contributed by atoms with Gasteiger partial charge < -0.3 is 16.0 Å². The molecular weight excluding hydrogens is 551 g/mol. The minimum absolute atomic E-state index is 0.0348. The Bertz CT molecular complexity index is 1510. The molecule has 4 aromatic rings. The van der Waals surface area contributed by atoms with Gasteiger partial charge in [0.15, 0.2) is 0 Å². The van der Waals surface area contributed by atoms with Gasteiger partial charge in [0.1, 0.15) is 17.3 Å². The van der Waals surface area contributed by atoms with Gasteiger partial charge in [0, 0.05) is 27.9 Å². The van der Waals surface area contributed by atoms with Gasteiger partial charge >= 0.3 is 0 Å². The number of halogens is 2. The number of carbonyl (C=O) groups excluding carboxylic acids is 3. The zero-order valence-electron chi connectivity index (χ0n) is 21.2.